The van der Waals surface area contributed by atoms with E-state index in [4.69, 9.17) is 14.2 Å². The van der Waals surface area contributed by atoms with Gasteiger partial charge in [0.25, 0.3) is 0 Å². The molecule has 0 radical (unpaired) electrons. The minimum Gasteiger partial charge on any atom is -0.507 e. The maximum absolute atomic E-state index is 13.0. The average Bonchev–Trinajstić information content (AvgIpc) is 3.03. The fourth-order valence-corrected chi connectivity index (χ4v) is 3.52. The van der Waals surface area contributed by atoms with Gasteiger partial charge in [-0.25, -0.2) is 4.79 Å². The van der Waals surface area contributed by atoms with E-state index in [9.17, 15) is 14.7 Å². The molecular weight excluding hydrogens is 348 g/mol. The molecule has 1 aromatic carbocycles. The van der Waals surface area contributed by atoms with E-state index in [1.165, 1.54) is 0 Å². The van der Waals surface area contributed by atoms with Crippen molar-refractivity contribution in [2.75, 3.05) is 13.2 Å². The lowest BCUT2D eigenvalue weighted by molar-refractivity contribution is -0.134. The highest BCUT2D eigenvalue weighted by Crippen LogP contribution is 2.39. The van der Waals surface area contributed by atoms with Gasteiger partial charge >= 0.3 is 5.97 Å². The molecule has 0 aromatic heterocycles. The molecule has 0 heterocycles. The van der Waals surface area contributed by atoms with Gasteiger partial charge < -0.3 is 19.3 Å². The molecule has 6 heteroatoms. The van der Waals surface area contributed by atoms with Crippen LogP contribution >= 0.6 is 0 Å². The van der Waals surface area contributed by atoms with Crippen molar-refractivity contribution in [3.63, 3.8) is 0 Å². The first-order valence-corrected chi connectivity index (χ1v) is 9.54. The van der Waals surface area contributed by atoms with Gasteiger partial charge in [-0.15, -0.1) is 0 Å². The molecule has 1 aromatic rings. The van der Waals surface area contributed by atoms with Crippen LogP contribution in [0.15, 0.2) is 0 Å². The molecule has 0 unspecified atom stereocenters. The number of rotatable bonds is 8. The molecule has 1 aliphatic rings. The first-order chi connectivity index (χ1) is 12.7. The van der Waals surface area contributed by atoms with Crippen molar-refractivity contribution in [3.05, 3.63) is 27.8 Å². The third-order valence-electron chi connectivity index (χ3n) is 4.48. The fraction of sp³-hybridized carbons (Fsp3) is 0.619. The monoisotopic (exact) mass is 378 g/mol. The number of carbonyl (C=O) groups excluding carboxylic acids is 2. The summed E-state index contributed by atoms with van der Waals surface area (Å²) >= 11 is 0. The topological polar surface area (TPSA) is 82.1 Å². The van der Waals surface area contributed by atoms with Crippen LogP contribution in [0.1, 0.15) is 78.4 Å². The number of aromatic hydroxyl groups is 1. The summed E-state index contributed by atoms with van der Waals surface area (Å²) in [4.78, 5) is 24.8. The van der Waals surface area contributed by atoms with E-state index in [0.717, 1.165) is 12.0 Å². The van der Waals surface area contributed by atoms with Gasteiger partial charge in [0.05, 0.1) is 11.1 Å². The lowest BCUT2D eigenvalue weighted by atomic mass is 9.90. The lowest BCUT2D eigenvalue weighted by Crippen LogP contribution is -2.28. The van der Waals surface area contributed by atoms with Crippen LogP contribution in [0.4, 0.5) is 0 Å². The van der Waals surface area contributed by atoms with Gasteiger partial charge in [-0.2, -0.15) is 0 Å². The van der Waals surface area contributed by atoms with Gasteiger partial charge in [0.2, 0.25) is 0 Å². The second kappa shape index (κ2) is 8.85. The van der Waals surface area contributed by atoms with Gasteiger partial charge in [-0.05, 0) is 70.6 Å². The lowest BCUT2D eigenvalue weighted by Gasteiger charge is -2.25. The summed E-state index contributed by atoms with van der Waals surface area (Å²) in [6.45, 7) is 9.96. The highest BCUT2D eigenvalue weighted by Gasteiger charge is 2.33. The number of esters is 1. The normalized spacial score (nSPS) is 13.7. The van der Waals surface area contributed by atoms with E-state index < -0.39 is 17.9 Å². The molecule has 27 heavy (non-hydrogen) atoms. The Bertz CT molecular complexity index is 696. The number of aldehydes is 1. The van der Waals surface area contributed by atoms with Crippen LogP contribution in [0.25, 0.3) is 0 Å². The van der Waals surface area contributed by atoms with Crippen LogP contribution in [0.5, 0.6) is 5.75 Å². The molecule has 0 aliphatic heterocycles. The molecule has 0 spiro atoms. The van der Waals surface area contributed by atoms with Crippen LogP contribution < -0.4 is 0 Å². The van der Waals surface area contributed by atoms with Crippen molar-refractivity contribution in [3.8, 4) is 5.75 Å². The largest absolute Gasteiger partial charge is 0.507 e. The number of hydrogen-bond donors (Lipinski definition) is 1. The summed E-state index contributed by atoms with van der Waals surface area (Å²) < 4.78 is 16.8. The summed E-state index contributed by atoms with van der Waals surface area (Å²) in [6.07, 6.45) is 2.30. The number of fused-ring (bicyclic) bond motifs is 1. The molecule has 0 atom stereocenters. The zero-order valence-corrected chi connectivity index (χ0v) is 16.9. The first-order valence-electron chi connectivity index (χ1n) is 9.54. The van der Waals surface area contributed by atoms with E-state index >= 15 is 0 Å². The molecule has 0 amide bonds. The Balaban J connectivity index is 2.62. The summed E-state index contributed by atoms with van der Waals surface area (Å²) in [5.41, 5.74) is 1.71. The van der Waals surface area contributed by atoms with E-state index in [0.29, 0.717) is 49.0 Å². The van der Waals surface area contributed by atoms with E-state index in [1.807, 2.05) is 13.8 Å². The Kier molecular flexibility index (Phi) is 7.00. The minimum atomic E-state index is -0.668. The number of hydrogen-bond acceptors (Lipinski definition) is 6. The van der Waals surface area contributed by atoms with Crippen molar-refractivity contribution in [2.45, 2.75) is 72.2 Å². The first kappa shape index (κ1) is 21.4. The van der Waals surface area contributed by atoms with Gasteiger partial charge in [0.15, 0.2) is 12.6 Å². The van der Waals surface area contributed by atoms with Crippen LogP contribution in [0, 0.1) is 0 Å². The molecule has 150 valence electrons. The SMILES string of the molecule is CCOC(Cc1c(C=O)c(O)c2c(c1C(=O)OC(C)(C)C)CCC2)OCC. The standard InChI is InChI=1S/C21H30O6/c1-6-25-17(26-7-2)11-15-16(12-22)19(23)14-10-8-9-13(14)18(15)20(24)27-21(3,4)5/h12,17,23H,6-11H2,1-5H3. The second-order valence-electron chi connectivity index (χ2n) is 7.59. The molecule has 1 N–H and O–H groups in total. The Morgan fingerprint density at radius 3 is 2.26 bits per heavy atom. The molecule has 6 nitrogen and oxygen atoms in total. The van der Waals surface area contributed by atoms with Crippen LogP contribution in [-0.2, 0) is 33.5 Å². The highest BCUT2D eigenvalue weighted by molar-refractivity contribution is 5.98. The predicted octanol–water partition coefficient (Wildman–Crippen LogP) is 3.59. The Morgan fingerprint density at radius 1 is 1.15 bits per heavy atom. The predicted molar refractivity (Wildman–Crippen MR) is 101 cm³/mol. The van der Waals surface area contributed by atoms with Crippen molar-refractivity contribution >= 4 is 12.3 Å². The molecule has 0 fully saturated rings. The molecule has 1 aliphatic carbocycles. The fourth-order valence-electron chi connectivity index (χ4n) is 3.52. The number of phenols is 1. The summed E-state index contributed by atoms with van der Waals surface area (Å²) in [5.74, 6) is -0.517. The maximum atomic E-state index is 13.0. The van der Waals surface area contributed by atoms with Gasteiger partial charge in [0, 0.05) is 19.6 Å². The van der Waals surface area contributed by atoms with E-state index in [-0.39, 0.29) is 17.7 Å². The van der Waals surface area contributed by atoms with Crippen LogP contribution in [0.3, 0.4) is 0 Å². The number of phenolic OH excluding ortho intramolecular Hbond substituents is 1. The maximum Gasteiger partial charge on any atom is 0.339 e. The van der Waals surface area contributed by atoms with Gasteiger partial charge in [-0.3, -0.25) is 4.79 Å². The zero-order valence-electron chi connectivity index (χ0n) is 16.9. The third-order valence-corrected chi connectivity index (χ3v) is 4.48. The van der Waals surface area contributed by atoms with Crippen molar-refractivity contribution in [2.24, 2.45) is 0 Å². The van der Waals surface area contributed by atoms with E-state index in [1.54, 1.807) is 20.8 Å². The molecule has 0 bridgehead atoms. The average molecular weight is 378 g/mol. The molecule has 0 saturated carbocycles. The minimum absolute atomic E-state index is 0.0356. The summed E-state index contributed by atoms with van der Waals surface area (Å²) in [6, 6.07) is 0. The quantitative estimate of drug-likeness (QED) is 0.423. The highest BCUT2D eigenvalue weighted by atomic mass is 16.7. The molecular formula is C21H30O6. The zero-order chi connectivity index (χ0) is 20.2. The summed E-state index contributed by atoms with van der Waals surface area (Å²) in [5, 5.41) is 10.6. The molecule has 0 saturated heterocycles. The van der Waals surface area contributed by atoms with E-state index in [2.05, 4.69) is 0 Å². The number of benzene rings is 1. The Hall–Kier alpha value is -1.92. The summed E-state index contributed by atoms with van der Waals surface area (Å²) in [7, 11) is 0. The second-order valence-corrected chi connectivity index (χ2v) is 7.59. The Morgan fingerprint density at radius 2 is 1.74 bits per heavy atom. The van der Waals surface area contributed by atoms with Crippen LogP contribution in [-0.4, -0.2) is 42.5 Å². The van der Waals surface area contributed by atoms with Crippen molar-refractivity contribution < 1.29 is 28.9 Å². The Labute approximate surface area is 160 Å². The van der Waals surface area contributed by atoms with Crippen LogP contribution in [0.2, 0.25) is 0 Å². The number of ether oxygens (including phenoxy) is 3. The van der Waals surface area contributed by atoms with Crippen molar-refractivity contribution in [1.29, 1.82) is 0 Å². The van der Waals surface area contributed by atoms with Crippen molar-refractivity contribution in [1.82, 2.24) is 0 Å². The number of carbonyl (C=O) groups is 2. The molecule has 2 rings (SSSR count). The van der Waals surface area contributed by atoms with Gasteiger partial charge in [-0.1, -0.05) is 0 Å². The van der Waals surface area contributed by atoms with Gasteiger partial charge in [0.1, 0.15) is 11.4 Å². The third kappa shape index (κ3) is 4.87. The smallest absolute Gasteiger partial charge is 0.339 e.